The van der Waals surface area contributed by atoms with Gasteiger partial charge >= 0.3 is 0 Å². The lowest BCUT2D eigenvalue weighted by molar-refractivity contribution is 0.835. The van der Waals surface area contributed by atoms with Crippen LogP contribution in [0, 0.1) is 20.8 Å². The van der Waals surface area contributed by atoms with Gasteiger partial charge in [-0.1, -0.05) is 12.1 Å². The number of rotatable bonds is 5. The molecule has 1 N–H and O–H groups in total. The molecule has 0 unspecified atom stereocenters. The summed E-state index contributed by atoms with van der Waals surface area (Å²) in [6.07, 6.45) is 0. The Hall–Kier alpha value is -2.10. The smallest absolute Gasteiger partial charge is 0.136 e. The number of aromatic nitrogens is 2. The van der Waals surface area contributed by atoms with E-state index >= 15 is 0 Å². The van der Waals surface area contributed by atoms with Crippen LogP contribution in [0.15, 0.2) is 24.3 Å². The molecule has 1 aromatic heterocycles. The predicted octanol–water partition coefficient (Wildman–Crippen LogP) is 3.99. The summed E-state index contributed by atoms with van der Waals surface area (Å²) in [6, 6.07) is 8.40. The molecule has 1 heterocycles. The fourth-order valence-corrected chi connectivity index (χ4v) is 2.33. The van der Waals surface area contributed by atoms with E-state index in [0.29, 0.717) is 0 Å². The van der Waals surface area contributed by atoms with Crippen LogP contribution < -0.4 is 10.2 Å². The van der Waals surface area contributed by atoms with Crippen molar-refractivity contribution in [2.45, 2.75) is 34.6 Å². The monoisotopic (exact) mass is 284 g/mol. The van der Waals surface area contributed by atoms with Gasteiger partial charge in [0, 0.05) is 24.8 Å². The third-order valence-electron chi connectivity index (χ3n) is 3.57. The van der Waals surface area contributed by atoms with Crippen LogP contribution in [0.3, 0.4) is 0 Å². The lowest BCUT2D eigenvalue weighted by Crippen LogP contribution is -2.23. The fraction of sp³-hybridized carbons (Fsp3) is 0.412. The molecule has 0 saturated heterocycles. The number of hydrogen-bond donors (Lipinski definition) is 1. The first-order chi connectivity index (χ1) is 10.0. The van der Waals surface area contributed by atoms with Gasteiger partial charge in [0.15, 0.2) is 0 Å². The van der Waals surface area contributed by atoms with E-state index in [1.165, 1.54) is 11.1 Å². The third-order valence-corrected chi connectivity index (χ3v) is 3.57. The van der Waals surface area contributed by atoms with Crippen LogP contribution in [0.1, 0.15) is 30.8 Å². The van der Waals surface area contributed by atoms with E-state index in [1.54, 1.807) is 0 Å². The standard InChI is InChI=1S/C17H24N4/c1-6-21(7-2)17-11-16(18-14(5)19-17)20-15-10-12(3)8-9-13(15)4/h8-11H,6-7H2,1-5H3,(H,18,19,20). The van der Waals surface area contributed by atoms with Crippen molar-refractivity contribution in [1.82, 2.24) is 9.97 Å². The van der Waals surface area contributed by atoms with Crippen molar-refractivity contribution in [1.29, 1.82) is 0 Å². The molecule has 0 aliphatic carbocycles. The highest BCUT2D eigenvalue weighted by Crippen LogP contribution is 2.23. The van der Waals surface area contributed by atoms with E-state index in [0.717, 1.165) is 36.2 Å². The van der Waals surface area contributed by atoms with Crippen LogP contribution in [0.4, 0.5) is 17.3 Å². The summed E-state index contributed by atoms with van der Waals surface area (Å²) in [5, 5.41) is 3.42. The van der Waals surface area contributed by atoms with E-state index in [1.807, 2.05) is 13.0 Å². The molecule has 1 aromatic carbocycles. The van der Waals surface area contributed by atoms with Gasteiger partial charge in [0.1, 0.15) is 17.5 Å². The molecule has 112 valence electrons. The molecule has 0 spiro atoms. The second-order valence-electron chi connectivity index (χ2n) is 5.27. The fourth-order valence-electron chi connectivity index (χ4n) is 2.33. The molecule has 0 radical (unpaired) electrons. The summed E-state index contributed by atoms with van der Waals surface area (Å²) < 4.78 is 0. The molecule has 21 heavy (non-hydrogen) atoms. The minimum Gasteiger partial charge on any atom is -0.357 e. The highest BCUT2D eigenvalue weighted by atomic mass is 15.2. The summed E-state index contributed by atoms with van der Waals surface area (Å²) in [4.78, 5) is 11.3. The Kier molecular flexibility index (Phi) is 4.78. The normalized spacial score (nSPS) is 10.5. The van der Waals surface area contributed by atoms with Gasteiger partial charge in [0.25, 0.3) is 0 Å². The van der Waals surface area contributed by atoms with E-state index < -0.39 is 0 Å². The van der Waals surface area contributed by atoms with Crippen molar-refractivity contribution in [3.05, 3.63) is 41.2 Å². The lowest BCUT2D eigenvalue weighted by atomic mass is 10.1. The molecule has 0 aliphatic rings. The Balaban J connectivity index is 2.34. The number of nitrogens with one attached hydrogen (secondary N) is 1. The molecule has 0 bridgehead atoms. The number of aryl methyl sites for hydroxylation is 3. The highest BCUT2D eigenvalue weighted by molar-refractivity contribution is 5.63. The average molecular weight is 284 g/mol. The maximum atomic E-state index is 4.53. The van der Waals surface area contributed by atoms with E-state index in [9.17, 15) is 0 Å². The second kappa shape index (κ2) is 6.57. The molecular weight excluding hydrogens is 260 g/mol. The Morgan fingerprint density at radius 1 is 1.00 bits per heavy atom. The molecule has 4 heteroatoms. The first kappa shape index (κ1) is 15.3. The van der Waals surface area contributed by atoms with Crippen LogP contribution in [-0.4, -0.2) is 23.1 Å². The van der Waals surface area contributed by atoms with Crippen molar-refractivity contribution in [3.8, 4) is 0 Å². The number of nitrogens with zero attached hydrogens (tertiary/aromatic N) is 3. The summed E-state index contributed by atoms with van der Waals surface area (Å²) in [5.74, 6) is 2.60. The Bertz CT molecular complexity index is 618. The zero-order chi connectivity index (χ0) is 15.4. The first-order valence-electron chi connectivity index (χ1n) is 7.48. The zero-order valence-electron chi connectivity index (χ0n) is 13.6. The molecule has 0 aliphatic heterocycles. The van der Waals surface area contributed by atoms with Crippen LogP contribution in [0.25, 0.3) is 0 Å². The van der Waals surface area contributed by atoms with Gasteiger partial charge in [0.2, 0.25) is 0 Å². The van der Waals surface area contributed by atoms with Gasteiger partial charge in [-0.15, -0.1) is 0 Å². The van der Waals surface area contributed by atoms with E-state index in [-0.39, 0.29) is 0 Å². The quantitative estimate of drug-likeness (QED) is 0.901. The van der Waals surface area contributed by atoms with Gasteiger partial charge in [-0.05, 0) is 51.8 Å². The zero-order valence-corrected chi connectivity index (χ0v) is 13.6. The van der Waals surface area contributed by atoms with Gasteiger partial charge < -0.3 is 10.2 Å². The van der Waals surface area contributed by atoms with Crippen LogP contribution in [-0.2, 0) is 0 Å². The lowest BCUT2D eigenvalue weighted by Gasteiger charge is -2.21. The second-order valence-corrected chi connectivity index (χ2v) is 5.27. The minimum absolute atomic E-state index is 0.784. The SMILES string of the molecule is CCN(CC)c1cc(Nc2cc(C)ccc2C)nc(C)n1. The summed E-state index contributed by atoms with van der Waals surface area (Å²) in [5.41, 5.74) is 3.54. The largest absolute Gasteiger partial charge is 0.357 e. The third kappa shape index (κ3) is 3.72. The summed E-state index contributed by atoms with van der Waals surface area (Å²) in [6.45, 7) is 12.3. The van der Waals surface area contributed by atoms with Crippen molar-refractivity contribution in [2.75, 3.05) is 23.3 Å². The molecular formula is C17H24N4. The van der Waals surface area contributed by atoms with Crippen molar-refractivity contribution >= 4 is 17.3 Å². The van der Waals surface area contributed by atoms with Gasteiger partial charge in [-0.25, -0.2) is 9.97 Å². The molecule has 2 aromatic rings. The van der Waals surface area contributed by atoms with Gasteiger partial charge in [0.05, 0.1) is 0 Å². The number of hydrogen-bond acceptors (Lipinski definition) is 4. The van der Waals surface area contributed by atoms with Crippen LogP contribution >= 0.6 is 0 Å². The van der Waals surface area contributed by atoms with Gasteiger partial charge in [-0.2, -0.15) is 0 Å². The maximum Gasteiger partial charge on any atom is 0.136 e. The summed E-state index contributed by atoms with van der Waals surface area (Å²) in [7, 11) is 0. The number of anilines is 3. The topological polar surface area (TPSA) is 41.0 Å². The Labute approximate surface area is 127 Å². The Morgan fingerprint density at radius 3 is 2.38 bits per heavy atom. The van der Waals surface area contributed by atoms with Gasteiger partial charge in [-0.3, -0.25) is 0 Å². The average Bonchev–Trinajstić information content (AvgIpc) is 2.44. The molecule has 0 saturated carbocycles. The highest BCUT2D eigenvalue weighted by Gasteiger charge is 2.08. The summed E-state index contributed by atoms with van der Waals surface area (Å²) >= 11 is 0. The van der Waals surface area contributed by atoms with Crippen molar-refractivity contribution < 1.29 is 0 Å². The molecule has 0 amide bonds. The Morgan fingerprint density at radius 2 is 1.71 bits per heavy atom. The minimum atomic E-state index is 0.784. The number of benzene rings is 1. The molecule has 0 atom stereocenters. The predicted molar refractivity (Wildman–Crippen MR) is 89.5 cm³/mol. The van der Waals surface area contributed by atoms with E-state index in [4.69, 9.17) is 0 Å². The van der Waals surface area contributed by atoms with Crippen LogP contribution in [0.2, 0.25) is 0 Å². The molecule has 0 fully saturated rings. The molecule has 4 nitrogen and oxygen atoms in total. The first-order valence-corrected chi connectivity index (χ1v) is 7.48. The van der Waals surface area contributed by atoms with Crippen LogP contribution in [0.5, 0.6) is 0 Å². The molecule has 2 rings (SSSR count). The maximum absolute atomic E-state index is 4.53. The van der Waals surface area contributed by atoms with Crippen molar-refractivity contribution in [3.63, 3.8) is 0 Å². The van der Waals surface area contributed by atoms with Crippen molar-refractivity contribution in [2.24, 2.45) is 0 Å². The van der Waals surface area contributed by atoms with E-state index in [2.05, 4.69) is 66.1 Å².